The van der Waals surface area contributed by atoms with Crippen LogP contribution in [0.4, 0.5) is 10.1 Å². The summed E-state index contributed by atoms with van der Waals surface area (Å²) < 4.78 is 19.3. The molecule has 1 aromatic carbocycles. The monoisotopic (exact) mass is 370 g/mol. The molecule has 0 radical (unpaired) electrons. The first-order chi connectivity index (χ1) is 13.0. The number of nitrogens with zero attached hydrogens (tertiary/aromatic N) is 2. The molecule has 0 aliphatic rings. The van der Waals surface area contributed by atoms with E-state index in [2.05, 4.69) is 15.6 Å². The molecule has 9 heteroatoms. The zero-order chi connectivity index (χ0) is 19.2. The minimum Gasteiger partial charge on any atom is -0.451 e. The Morgan fingerprint density at radius 1 is 1.07 bits per heavy atom. The fourth-order valence-electron chi connectivity index (χ4n) is 2.21. The summed E-state index contributed by atoms with van der Waals surface area (Å²) in [6.07, 6.45) is 3.22. The summed E-state index contributed by atoms with van der Waals surface area (Å²) in [6, 6.07) is 10.5. The van der Waals surface area contributed by atoms with Gasteiger partial charge in [-0.05, 0) is 36.4 Å². The minimum absolute atomic E-state index is 0.0723. The number of hydrogen-bond acceptors (Lipinski definition) is 5. The zero-order valence-corrected chi connectivity index (χ0v) is 14.0. The molecule has 0 bridgehead atoms. The van der Waals surface area contributed by atoms with E-state index in [9.17, 15) is 18.8 Å². The number of ether oxygens (including phenoxy) is 1. The number of pyridine rings is 1. The van der Waals surface area contributed by atoms with Gasteiger partial charge in [0.25, 0.3) is 5.91 Å². The lowest BCUT2D eigenvalue weighted by Crippen LogP contribution is -2.35. The number of imidazole rings is 1. The summed E-state index contributed by atoms with van der Waals surface area (Å²) in [5.41, 5.74) is 1.04. The maximum atomic E-state index is 12.8. The molecule has 0 atom stereocenters. The van der Waals surface area contributed by atoms with Crippen molar-refractivity contribution < 1.29 is 23.5 Å². The van der Waals surface area contributed by atoms with Gasteiger partial charge in [-0.15, -0.1) is 0 Å². The van der Waals surface area contributed by atoms with E-state index in [0.29, 0.717) is 11.3 Å². The second-order valence-corrected chi connectivity index (χ2v) is 5.50. The SMILES string of the molecule is O=C(COC(=O)c1cn2ccccc2n1)NCC(=O)Nc1ccc(F)cc1. The number of esters is 1. The number of aromatic nitrogens is 2. The molecule has 0 saturated heterocycles. The number of rotatable bonds is 6. The molecule has 0 aliphatic carbocycles. The first-order valence-corrected chi connectivity index (χ1v) is 7.94. The van der Waals surface area contributed by atoms with Crippen LogP contribution in [0.15, 0.2) is 54.9 Å². The molecular weight excluding hydrogens is 355 g/mol. The van der Waals surface area contributed by atoms with Crippen molar-refractivity contribution in [2.75, 3.05) is 18.5 Å². The Morgan fingerprint density at radius 3 is 2.59 bits per heavy atom. The van der Waals surface area contributed by atoms with E-state index in [4.69, 9.17) is 4.74 Å². The molecule has 0 aliphatic heterocycles. The molecule has 0 saturated carbocycles. The van der Waals surface area contributed by atoms with Crippen LogP contribution in [0.5, 0.6) is 0 Å². The maximum Gasteiger partial charge on any atom is 0.359 e. The Morgan fingerprint density at radius 2 is 1.85 bits per heavy atom. The Labute approximate surface area is 153 Å². The molecule has 8 nitrogen and oxygen atoms in total. The normalized spacial score (nSPS) is 10.4. The van der Waals surface area contributed by atoms with E-state index in [1.54, 1.807) is 28.8 Å². The van der Waals surface area contributed by atoms with Crippen molar-refractivity contribution in [2.24, 2.45) is 0 Å². The molecule has 0 spiro atoms. The average Bonchev–Trinajstić information content (AvgIpc) is 3.10. The summed E-state index contributed by atoms with van der Waals surface area (Å²) in [4.78, 5) is 39.5. The second kappa shape index (κ2) is 8.09. The van der Waals surface area contributed by atoms with Crippen molar-refractivity contribution in [3.8, 4) is 0 Å². The standard InChI is InChI=1S/C18H15FN4O4/c19-12-4-6-13(7-5-12)21-16(24)9-20-17(25)11-27-18(26)14-10-23-8-2-1-3-15(23)22-14/h1-8,10H,9,11H2,(H,20,25)(H,21,24). The van der Waals surface area contributed by atoms with Gasteiger partial charge in [0.05, 0.1) is 6.54 Å². The van der Waals surface area contributed by atoms with E-state index >= 15 is 0 Å². The number of hydrogen-bond donors (Lipinski definition) is 2. The predicted molar refractivity (Wildman–Crippen MR) is 93.5 cm³/mol. The van der Waals surface area contributed by atoms with Crippen molar-refractivity contribution in [3.63, 3.8) is 0 Å². The highest BCUT2D eigenvalue weighted by molar-refractivity contribution is 5.95. The second-order valence-electron chi connectivity index (χ2n) is 5.50. The maximum absolute atomic E-state index is 12.8. The van der Waals surface area contributed by atoms with Crippen LogP contribution in [-0.2, 0) is 14.3 Å². The van der Waals surface area contributed by atoms with Crippen LogP contribution in [0.2, 0.25) is 0 Å². The molecule has 2 aromatic heterocycles. The quantitative estimate of drug-likeness (QED) is 0.639. The summed E-state index contributed by atoms with van der Waals surface area (Å²) in [5, 5.41) is 4.81. The fourth-order valence-corrected chi connectivity index (χ4v) is 2.21. The average molecular weight is 370 g/mol. The van der Waals surface area contributed by atoms with Crippen LogP contribution in [0, 0.1) is 5.82 Å². The number of carbonyl (C=O) groups is 3. The molecule has 0 unspecified atom stereocenters. The first kappa shape index (κ1) is 18.1. The molecule has 2 heterocycles. The third kappa shape index (κ3) is 4.88. The lowest BCUT2D eigenvalue weighted by Gasteiger charge is -2.07. The smallest absolute Gasteiger partial charge is 0.359 e. The Kier molecular flexibility index (Phi) is 5.41. The van der Waals surface area contributed by atoms with Gasteiger partial charge in [0, 0.05) is 18.1 Å². The summed E-state index contributed by atoms with van der Waals surface area (Å²) in [6.45, 7) is -0.862. The molecule has 0 fully saturated rings. The van der Waals surface area contributed by atoms with Gasteiger partial charge < -0.3 is 19.8 Å². The summed E-state index contributed by atoms with van der Waals surface area (Å²) in [5.74, 6) is -2.30. The lowest BCUT2D eigenvalue weighted by molar-refractivity contribution is -0.126. The Balaban J connectivity index is 1.43. The topological polar surface area (TPSA) is 102 Å². The predicted octanol–water partition coefficient (Wildman–Crippen LogP) is 1.39. The van der Waals surface area contributed by atoms with Crippen molar-refractivity contribution in [1.82, 2.24) is 14.7 Å². The first-order valence-electron chi connectivity index (χ1n) is 7.94. The highest BCUT2D eigenvalue weighted by atomic mass is 19.1. The van der Waals surface area contributed by atoms with Gasteiger partial charge in [0.2, 0.25) is 5.91 Å². The van der Waals surface area contributed by atoms with Crippen molar-refractivity contribution in [1.29, 1.82) is 0 Å². The summed E-state index contributed by atoms with van der Waals surface area (Å²) >= 11 is 0. The molecule has 3 aromatic rings. The van der Waals surface area contributed by atoms with E-state index in [1.807, 2.05) is 0 Å². The van der Waals surface area contributed by atoms with E-state index in [0.717, 1.165) is 0 Å². The van der Waals surface area contributed by atoms with Gasteiger partial charge in [-0.25, -0.2) is 14.2 Å². The number of benzene rings is 1. The van der Waals surface area contributed by atoms with Crippen molar-refractivity contribution in [2.45, 2.75) is 0 Å². The summed E-state index contributed by atoms with van der Waals surface area (Å²) in [7, 11) is 0. The van der Waals surface area contributed by atoms with Crippen LogP contribution < -0.4 is 10.6 Å². The fraction of sp³-hybridized carbons (Fsp3) is 0.111. The molecule has 2 N–H and O–H groups in total. The van der Waals surface area contributed by atoms with Crippen LogP contribution in [0.1, 0.15) is 10.5 Å². The molecule has 138 valence electrons. The van der Waals surface area contributed by atoms with Crippen molar-refractivity contribution >= 4 is 29.1 Å². The lowest BCUT2D eigenvalue weighted by atomic mass is 10.3. The van der Waals surface area contributed by atoms with Gasteiger partial charge in [-0.1, -0.05) is 6.07 Å². The van der Waals surface area contributed by atoms with E-state index in [-0.39, 0.29) is 12.2 Å². The Bertz CT molecular complexity index is 951. The third-order valence-electron chi connectivity index (χ3n) is 3.48. The van der Waals surface area contributed by atoms with Crippen LogP contribution in [0.25, 0.3) is 5.65 Å². The van der Waals surface area contributed by atoms with Crippen molar-refractivity contribution in [3.05, 3.63) is 66.4 Å². The number of carbonyl (C=O) groups excluding carboxylic acids is 3. The molecule has 2 amide bonds. The van der Waals surface area contributed by atoms with Gasteiger partial charge in [-0.2, -0.15) is 0 Å². The minimum atomic E-state index is -0.746. The number of amides is 2. The number of nitrogens with one attached hydrogen (secondary N) is 2. The van der Waals surface area contributed by atoms with Gasteiger partial charge in [0.1, 0.15) is 11.5 Å². The van der Waals surface area contributed by atoms with Gasteiger partial charge in [0.15, 0.2) is 12.3 Å². The van der Waals surface area contributed by atoms with E-state index < -0.39 is 30.2 Å². The highest BCUT2D eigenvalue weighted by Crippen LogP contribution is 2.08. The van der Waals surface area contributed by atoms with E-state index in [1.165, 1.54) is 30.5 Å². The van der Waals surface area contributed by atoms with Crippen LogP contribution in [0.3, 0.4) is 0 Å². The van der Waals surface area contributed by atoms with Crippen LogP contribution in [-0.4, -0.2) is 40.3 Å². The highest BCUT2D eigenvalue weighted by Gasteiger charge is 2.14. The third-order valence-corrected chi connectivity index (χ3v) is 3.48. The number of halogens is 1. The molecule has 3 rings (SSSR count). The number of fused-ring (bicyclic) bond motifs is 1. The Hall–Kier alpha value is -3.75. The largest absolute Gasteiger partial charge is 0.451 e. The van der Waals surface area contributed by atoms with Gasteiger partial charge >= 0.3 is 5.97 Å². The zero-order valence-electron chi connectivity index (χ0n) is 14.0. The van der Waals surface area contributed by atoms with Crippen LogP contribution >= 0.6 is 0 Å². The molecule has 27 heavy (non-hydrogen) atoms. The van der Waals surface area contributed by atoms with Gasteiger partial charge in [-0.3, -0.25) is 9.59 Å². The number of anilines is 1. The molecular formula is C18H15FN4O4.